The zero-order valence-electron chi connectivity index (χ0n) is 21.2. The second-order valence-electron chi connectivity index (χ2n) is 9.48. The highest BCUT2D eigenvalue weighted by Crippen LogP contribution is 2.23. The van der Waals surface area contributed by atoms with Gasteiger partial charge >= 0.3 is 0 Å². The Morgan fingerprint density at radius 2 is 1.69 bits per heavy atom. The standard InChI is InChI=1S/C30H34ClN3O2/c1-21(2)24-12-16-26(17-13-24)36-19-7-6-18-34-28-9-5-4-8-27(28)33-30(34)22(3)32-29(35)20-23-10-14-25(31)15-11-23/h4-5,8-17,21-22H,6-7,18-20H2,1-3H3,(H,32,35). The van der Waals surface area contributed by atoms with Crippen molar-refractivity contribution in [1.29, 1.82) is 0 Å². The maximum absolute atomic E-state index is 12.7. The Morgan fingerprint density at radius 3 is 2.42 bits per heavy atom. The van der Waals surface area contributed by atoms with Crippen LogP contribution in [0.1, 0.15) is 62.5 Å². The van der Waals surface area contributed by atoms with E-state index in [0.29, 0.717) is 24.0 Å². The van der Waals surface area contributed by atoms with Crippen LogP contribution in [-0.4, -0.2) is 22.1 Å². The van der Waals surface area contributed by atoms with Crippen LogP contribution in [0.15, 0.2) is 72.8 Å². The predicted molar refractivity (Wildman–Crippen MR) is 147 cm³/mol. The van der Waals surface area contributed by atoms with E-state index >= 15 is 0 Å². The number of nitrogens with zero attached hydrogens (tertiary/aromatic N) is 2. The molecule has 188 valence electrons. The summed E-state index contributed by atoms with van der Waals surface area (Å²) < 4.78 is 8.17. The van der Waals surface area contributed by atoms with Gasteiger partial charge < -0.3 is 14.6 Å². The summed E-state index contributed by atoms with van der Waals surface area (Å²) in [4.78, 5) is 17.6. The van der Waals surface area contributed by atoms with Gasteiger partial charge in [0, 0.05) is 11.6 Å². The summed E-state index contributed by atoms with van der Waals surface area (Å²) >= 11 is 5.96. The minimum atomic E-state index is -0.215. The Balaban J connectivity index is 1.35. The van der Waals surface area contributed by atoms with Crippen molar-refractivity contribution in [2.45, 2.75) is 58.5 Å². The molecule has 0 radical (unpaired) electrons. The highest BCUT2D eigenvalue weighted by molar-refractivity contribution is 6.30. The normalized spacial score (nSPS) is 12.1. The molecule has 4 aromatic rings. The Kier molecular flexibility index (Phi) is 8.65. The van der Waals surface area contributed by atoms with E-state index in [0.717, 1.165) is 47.6 Å². The van der Waals surface area contributed by atoms with Crippen LogP contribution in [0.25, 0.3) is 11.0 Å². The maximum atomic E-state index is 12.7. The van der Waals surface area contributed by atoms with Crippen LogP contribution in [0.5, 0.6) is 5.75 Å². The summed E-state index contributed by atoms with van der Waals surface area (Å²) in [6.45, 7) is 7.84. The average Bonchev–Trinajstić information content (AvgIpc) is 3.24. The number of amides is 1. The van der Waals surface area contributed by atoms with Crippen LogP contribution in [0.2, 0.25) is 5.02 Å². The number of hydrogen-bond acceptors (Lipinski definition) is 3. The van der Waals surface area contributed by atoms with Crippen molar-refractivity contribution in [2.75, 3.05) is 6.61 Å². The molecule has 0 aliphatic rings. The number of para-hydroxylation sites is 2. The lowest BCUT2D eigenvalue weighted by atomic mass is 10.0. The molecule has 5 nitrogen and oxygen atoms in total. The Labute approximate surface area is 218 Å². The van der Waals surface area contributed by atoms with Gasteiger partial charge in [-0.05, 0) is 73.2 Å². The number of carbonyl (C=O) groups excluding carboxylic acids is 1. The van der Waals surface area contributed by atoms with Crippen LogP contribution in [-0.2, 0) is 17.8 Å². The number of aryl methyl sites for hydroxylation is 1. The smallest absolute Gasteiger partial charge is 0.224 e. The molecule has 36 heavy (non-hydrogen) atoms. The van der Waals surface area contributed by atoms with Gasteiger partial charge in [0.2, 0.25) is 5.91 Å². The molecule has 1 heterocycles. The molecule has 0 aliphatic heterocycles. The third-order valence-corrected chi connectivity index (χ3v) is 6.57. The van der Waals surface area contributed by atoms with Crippen molar-refractivity contribution in [1.82, 2.24) is 14.9 Å². The Morgan fingerprint density at radius 1 is 0.972 bits per heavy atom. The molecule has 1 unspecified atom stereocenters. The highest BCUT2D eigenvalue weighted by Gasteiger charge is 2.18. The zero-order valence-corrected chi connectivity index (χ0v) is 22.0. The van der Waals surface area contributed by atoms with E-state index in [9.17, 15) is 4.79 Å². The van der Waals surface area contributed by atoms with Crippen molar-refractivity contribution in [3.63, 3.8) is 0 Å². The number of fused-ring (bicyclic) bond motifs is 1. The average molecular weight is 504 g/mol. The number of halogens is 1. The monoisotopic (exact) mass is 503 g/mol. The summed E-state index contributed by atoms with van der Waals surface area (Å²) in [6.07, 6.45) is 2.18. The molecule has 6 heteroatoms. The largest absolute Gasteiger partial charge is 0.494 e. The van der Waals surface area contributed by atoms with Crippen molar-refractivity contribution < 1.29 is 9.53 Å². The van der Waals surface area contributed by atoms with Gasteiger partial charge in [-0.15, -0.1) is 0 Å². The summed E-state index contributed by atoms with van der Waals surface area (Å²) in [7, 11) is 0. The Bertz CT molecular complexity index is 1280. The van der Waals surface area contributed by atoms with E-state index in [4.69, 9.17) is 21.3 Å². The van der Waals surface area contributed by atoms with Gasteiger partial charge in [0.1, 0.15) is 11.6 Å². The van der Waals surface area contributed by atoms with Gasteiger partial charge in [0.25, 0.3) is 0 Å². The molecule has 3 aromatic carbocycles. The second kappa shape index (κ2) is 12.1. The maximum Gasteiger partial charge on any atom is 0.224 e. The molecule has 0 saturated heterocycles. The predicted octanol–water partition coefficient (Wildman–Crippen LogP) is 7.09. The molecule has 1 N–H and O–H groups in total. The molecule has 0 spiro atoms. The first-order chi connectivity index (χ1) is 17.4. The SMILES string of the molecule is CC(C)c1ccc(OCCCCn2c(C(C)NC(=O)Cc3ccc(Cl)cc3)nc3ccccc32)cc1. The lowest BCUT2D eigenvalue weighted by Gasteiger charge is -2.17. The molecule has 0 fully saturated rings. The van der Waals surface area contributed by atoms with Crippen molar-refractivity contribution in [3.05, 3.63) is 94.8 Å². The fourth-order valence-electron chi connectivity index (χ4n) is 4.32. The van der Waals surface area contributed by atoms with Crippen LogP contribution in [0, 0.1) is 0 Å². The number of ether oxygens (including phenoxy) is 1. The number of rotatable bonds is 11. The van der Waals surface area contributed by atoms with Gasteiger partial charge in [0.15, 0.2) is 0 Å². The summed E-state index contributed by atoms with van der Waals surface area (Å²) in [5.74, 6) is 2.25. The third kappa shape index (κ3) is 6.67. The van der Waals surface area contributed by atoms with Gasteiger partial charge in [-0.3, -0.25) is 4.79 Å². The molecule has 0 bridgehead atoms. The fraction of sp³-hybridized carbons (Fsp3) is 0.333. The lowest BCUT2D eigenvalue weighted by Crippen LogP contribution is -2.30. The van der Waals surface area contributed by atoms with Crippen molar-refractivity contribution >= 4 is 28.5 Å². The first-order valence-corrected chi connectivity index (χ1v) is 13.0. The first-order valence-electron chi connectivity index (χ1n) is 12.6. The number of nitrogens with one attached hydrogen (secondary N) is 1. The minimum Gasteiger partial charge on any atom is -0.494 e. The second-order valence-corrected chi connectivity index (χ2v) is 9.92. The van der Waals surface area contributed by atoms with Gasteiger partial charge in [0.05, 0.1) is 30.1 Å². The lowest BCUT2D eigenvalue weighted by molar-refractivity contribution is -0.121. The van der Waals surface area contributed by atoms with Gasteiger partial charge in [-0.1, -0.05) is 61.8 Å². The summed E-state index contributed by atoms with van der Waals surface area (Å²) in [5, 5.41) is 3.78. The molecular formula is C30H34ClN3O2. The molecule has 4 rings (SSSR count). The topological polar surface area (TPSA) is 56.1 Å². The fourth-order valence-corrected chi connectivity index (χ4v) is 4.44. The van der Waals surface area contributed by atoms with Crippen LogP contribution >= 0.6 is 11.6 Å². The zero-order chi connectivity index (χ0) is 25.5. The van der Waals surface area contributed by atoms with E-state index < -0.39 is 0 Å². The Hall–Kier alpha value is -3.31. The molecule has 0 saturated carbocycles. The van der Waals surface area contributed by atoms with Crippen molar-refractivity contribution in [3.8, 4) is 5.75 Å². The van der Waals surface area contributed by atoms with Gasteiger partial charge in [-0.25, -0.2) is 4.98 Å². The van der Waals surface area contributed by atoms with Crippen LogP contribution in [0.3, 0.4) is 0 Å². The molecule has 1 atom stereocenters. The number of hydrogen-bond donors (Lipinski definition) is 1. The molecular weight excluding hydrogens is 470 g/mol. The van der Waals surface area contributed by atoms with E-state index in [2.05, 4.69) is 41.9 Å². The quantitative estimate of drug-likeness (QED) is 0.222. The first kappa shape index (κ1) is 25.8. The number of carbonyl (C=O) groups is 1. The molecule has 0 aliphatic carbocycles. The molecule has 1 amide bonds. The van der Waals surface area contributed by atoms with E-state index in [-0.39, 0.29) is 11.9 Å². The number of aromatic nitrogens is 2. The van der Waals surface area contributed by atoms with Crippen LogP contribution in [0.4, 0.5) is 0 Å². The summed E-state index contributed by atoms with van der Waals surface area (Å²) in [6, 6.07) is 23.6. The molecule has 1 aromatic heterocycles. The third-order valence-electron chi connectivity index (χ3n) is 6.32. The van der Waals surface area contributed by atoms with Crippen molar-refractivity contribution in [2.24, 2.45) is 0 Å². The van der Waals surface area contributed by atoms with E-state index in [1.807, 2.05) is 49.4 Å². The van der Waals surface area contributed by atoms with Crippen LogP contribution < -0.4 is 10.1 Å². The number of benzene rings is 3. The number of imidazole rings is 1. The van der Waals surface area contributed by atoms with Gasteiger partial charge in [-0.2, -0.15) is 0 Å². The number of unbranched alkanes of at least 4 members (excludes halogenated alkanes) is 1. The summed E-state index contributed by atoms with van der Waals surface area (Å²) in [5.41, 5.74) is 4.26. The van der Waals surface area contributed by atoms with E-state index in [1.165, 1.54) is 5.56 Å². The highest BCUT2D eigenvalue weighted by atomic mass is 35.5. The minimum absolute atomic E-state index is 0.0414. The van der Waals surface area contributed by atoms with E-state index in [1.54, 1.807) is 12.1 Å².